The molecule has 1 aliphatic rings. The molecule has 2 rings (SSSR count). The molecule has 1 aliphatic heterocycles. The molecule has 0 bridgehead atoms. The molecular weight excluding hydrogens is 218 g/mol. The van der Waals surface area contributed by atoms with E-state index in [4.69, 9.17) is 0 Å². The maximum Gasteiger partial charge on any atom is 0.337 e. The van der Waals surface area contributed by atoms with Crippen molar-refractivity contribution in [3.8, 4) is 0 Å². The van der Waals surface area contributed by atoms with E-state index in [2.05, 4.69) is 4.74 Å². The quantitative estimate of drug-likeness (QED) is 0.745. The number of amides is 1. The summed E-state index contributed by atoms with van der Waals surface area (Å²) in [4.78, 5) is 24.5. The summed E-state index contributed by atoms with van der Waals surface area (Å²) in [6.07, 6.45) is 1.60. The molecule has 17 heavy (non-hydrogen) atoms. The van der Waals surface area contributed by atoms with Crippen LogP contribution in [0.1, 0.15) is 28.8 Å². The number of hydrogen-bond acceptors (Lipinski definition) is 3. The molecule has 0 N–H and O–H groups in total. The van der Waals surface area contributed by atoms with Crippen molar-refractivity contribution in [2.75, 3.05) is 13.7 Å². The minimum absolute atomic E-state index is 0.210. The van der Waals surface area contributed by atoms with E-state index in [1.807, 2.05) is 17.0 Å². The Morgan fingerprint density at radius 1 is 1.35 bits per heavy atom. The van der Waals surface area contributed by atoms with Gasteiger partial charge in [-0.25, -0.2) is 4.79 Å². The lowest BCUT2D eigenvalue weighted by molar-refractivity contribution is -0.128. The molecule has 1 fully saturated rings. The third kappa shape index (κ3) is 2.64. The van der Waals surface area contributed by atoms with Crippen molar-refractivity contribution in [1.29, 1.82) is 0 Å². The third-order valence-corrected chi connectivity index (χ3v) is 2.92. The summed E-state index contributed by atoms with van der Waals surface area (Å²) in [6, 6.07) is 7.17. The smallest absolute Gasteiger partial charge is 0.337 e. The predicted molar refractivity (Wildman–Crippen MR) is 62.4 cm³/mol. The van der Waals surface area contributed by atoms with Gasteiger partial charge in [-0.2, -0.15) is 0 Å². The van der Waals surface area contributed by atoms with E-state index in [9.17, 15) is 9.59 Å². The monoisotopic (exact) mass is 233 g/mol. The van der Waals surface area contributed by atoms with Gasteiger partial charge in [0, 0.05) is 19.5 Å². The van der Waals surface area contributed by atoms with Crippen LogP contribution in [0.3, 0.4) is 0 Å². The number of likely N-dealkylation sites (tertiary alicyclic amines) is 1. The van der Waals surface area contributed by atoms with E-state index in [0.29, 0.717) is 18.5 Å². The Balaban J connectivity index is 2.03. The fraction of sp³-hybridized carbons (Fsp3) is 0.385. The van der Waals surface area contributed by atoms with E-state index in [1.165, 1.54) is 7.11 Å². The highest BCUT2D eigenvalue weighted by molar-refractivity contribution is 5.89. The van der Waals surface area contributed by atoms with E-state index in [-0.39, 0.29) is 11.9 Å². The number of hydrogen-bond donors (Lipinski definition) is 0. The average Bonchev–Trinajstić information content (AvgIpc) is 2.75. The van der Waals surface area contributed by atoms with Crippen LogP contribution in [0.15, 0.2) is 24.3 Å². The fourth-order valence-corrected chi connectivity index (χ4v) is 1.96. The molecule has 4 heteroatoms. The number of carbonyl (C=O) groups is 2. The van der Waals surface area contributed by atoms with Crippen LogP contribution < -0.4 is 0 Å². The zero-order valence-electron chi connectivity index (χ0n) is 9.81. The number of ether oxygens (including phenoxy) is 1. The van der Waals surface area contributed by atoms with Gasteiger partial charge < -0.3 is 9.64 Å². The van der Waals surface area contributed by atoms with Crippen molar-refractivity contribution in [1.82, 2.24) is 4.90 Å². The summed E-state index contributed by atoms with van der Waals surface area (Å²) in [5.74, 6) is -0.129. The molecule has 0 unspecified atom stereocenters. The van der Waals surface area contributed by atoms with Gasteiger partial charge in [-0.3, -0.25) is 4.79 Å². The van der Waals surface area contributed by atoms with Gasteiger partial charge in [-0.1, -0.05) is 12.1 Å². The number of nitrogens with zero attached hydrogens (tertiary/aromatic N) is 1. The number of esters is 1. The zero-order valence-corrected chi connectivity index (χ0v) is 9.81. The first-order valence-corrected chi connectivity index (χ1v) is 5.66. The predicted octanol–water partition coefficient (Wildman–Crippen LogP) is 1.60. The average molecular weight is 233 g/mol. The molecule has 0 atom stereocenters. The first-order chi connectivity index (χ1) is 8.20. The highest BCUT2D eigenvalue weighted by Gasteiger charge is 2.19. The van der Waals surface area contributed by atoms with Gasteiger partial charge in [0.2, 0.25) is 5.91 Å². The third-order valence-electron chi connectivity index (χ3n) is 2.92. The molecule has 0 saturated carbocycles. The normalized spacial score (nSPS) is 15.1. The molecule has 0 radical (unpaired) electrons. The summed E-state index contributed by atoms with van der Waals surface area (Å²) in [5.41, 5.74) is 1.57. The van der Waals surface area contributed by atoms with E-state index < -0.39 is 0 Å². The number of carbonyl (C=O) groups excluding carboxylic acids is 2. The first-order valence-electron chi connectivity index (χ1n) is 5.66. The van der Waals surface area contributed by atoms with Crippen LogP contribution in [0.25, 0.3) is 0 Å². The molecule has 4 nitrogen and oxygen atoms in total. The second-order valence-electron chi connectivity index (χ2n) is 4.11. The molecule has 1 amide bonds. The maximum atomic E-state index is 11.5. The minimum atomic E-state index is -0.339. The molecule has 1 saturated heterocycles. The fourth-order valence-electron chi connectivity index (χ4n) is 1.96. The van der Waals surface area contributed by atoms with Gasteiger partial charge in [0.25, 0.3) is 0 Å². The Morgan fingerprint density at radius 2 is 2.06 bits per heavy atom. The summed E-state index contributed by atoms with van der Waals surface area (Å²) < 4.78 is 4.62. The van der Waals surface area contributed by atoms with Crippen molar-refractivity contribution in [2.24, 2.45) is 0 Å². The van der Waals surface area contributed by atoms with Crippen LogP contribution in [0.4, 0.5) is 0 Å². The standard InChI is InChI=1S/C13H15NO3/c1-17-13(16)11-6-4-10(5-7-11)9-14-8-2-3-12(14)15/h4-7H,2-3,8-9H2,1H3. The number of rotatable bonds is 3. The Labute approximate surface area is 100 Å². The SMILES string of the molecule is COC(=O)c1ccc(CN2CCCC2=O)cc1. The lowest BCUT2D eigenvalue weighted by atomic mass is 10.1. The number of methoxy groups -OCH3 is 1. The zero-order chi connectivity index (χ0) is 12.3. The highest BCUT2D eigenvalue weighted by atomic mass is 16.5. The van der Waals surface area contributed by atoms with Gasteiger partial charge in [0.05, 0.1) is 12.7 Å². The maximum absolute atomic E-state index is 11.5. The Kier molecular flexibility index (Phi) is 3.42. The van der Waals surface area contributed by atoms with Gasteiger partial charge >= 0.3 is 5.97 Å². The minimum Gasteiger partial charge on any atom is -0.465 e. The summed E-state index contributed by atoms with van der Waals surface area (Å²) >= 11 is 0. The van der Waals surface area contributed by atoms with Gasteiger partial charge in [-0.05, 0) is 24.1 Å². The van der Waals surface area contributed by atoms with Crippen LogP contribution in [0, 0.1) is 0 Å². The Morgan fingerprint density at radius 3 is 2.59 bits per heavy atom. The summed E-state index contributed by atoms with van der Waals surface area (Å²) in [5, 5.41) is 0. The van der Waals surface area contributed by atoms with Crippen molar-refractivity contribution >= 4 is 11.9 Å². The lowest BCUT2D eigenvalue weighted by Crippen LogP contribution is -2.23. The summed E-state index contributed by atoms with van der Waals surface area (Å²) in [6.45, 7) is 1.46. The molecule has 0 aliphatic carbocycles. The molecule has 1 heterocycles. The lowest BCUT2D eigenvalue weighted by Gasteiger charge is -2.15. The van der Waals surface area contributed by atoms with E-state index in [1.54, 1.807) is 12.1 Å². The topological polar surface area (TPSA) is 46.6 Å². The highest BCUT2D eigenvalue weighted by Crippen LogP contribution is 2.14. The molecule has 1 aromatic rings. The van der Waals surface area contributed by atoms with Gasteiger partial charge in [0.1, 0.15) is 0 Å². The van der Waals surface area contributed by atoms with Gasteiger partial charge in [-0.15, -0.1) is 0 Å². The van der Waals surface area contributed by atoms with Crippen molar-refractivity contribution in [3.05, 3.63) is 35.4 Å². The van der Waals surface area contributed by atoms with E-state index >= 15 is 0 Å². The Hall–Kier alpha value is -1.84. The Bertz CT molecular complexity index is 425. The number of benzene rings is 1. The van der Waals surface area contributed by atoms with Crippen LogP contribution in [-0.2, 0) is 16.1 Å². The van der Waals surface area contributed by atoms with Crippen LogP contribution in [-0.4, -0.2) is 30.4 Å². The van der Waals surface area contributed by atoms with Gasteiger partial charge in [0.15, 0.2) is 0 Å². The molecule has 1 aromatic carbocycles. The van der Waals surface area contributed by atoms with Crippen molar-refractivity contribution in [3.63, 3.8) is 0 Å². The molecular formula is C13H15NO3. The largest absolute Gasteiger partial charge is 0.465 e. The van der Waals surface area contributed by atoms with Crippen molar-refractivity contribution in [2.45, 2.75) is 19.4 Å². The van der Waals surface area contributed by atoms with Crippen LogP contribution in [0.5, 0.6) is 0 Å². The van der Waals surface area contributed by atoms with Crippen LogP contribution >= 0.6 is 0 Å². The van der Waals surface area contributed by atoms with Crippen molar-refractivity contribution < 1.29 is 14.3 Å². The second kappa shape index (κ2) is 4.99. The van der Waals surface area contributed by atoms with Crippen LogP contribution in [0.2, 0.25) is 0 Å². The second-order valence-corrected chi connectivity index (χ2v) is 4.11. The molecule has 0 spiro atoms. The first kappa shape index (κ1) is 11.6. The molecule has 0 aromatic heterocycles. The summed E-state index contributed by atoms with van der Waals surface area (Å²) in [7, 11) is 1.36. The molecule has 90 valence electrons. The van der Waals surface area contributed by atoms with E-state index in [0.717, 1.165) is 18.5 Å².